The SMILES string of the molecule is CCCC[C@H](C)CC.CCNC(=O)C(C)C(C)CCO.CN=c1n(C)cc(C(=O)Nc2cccc(-c3cccc(-c4cc5c(c(OC)n4)C(C)CC5)c3Cl)c2C)c(=O)n1C. The first-order valence-electron chi connectivity index (χ1n) is 21.5. The van der Waals surface area contributed by atoms with Gasteiger partial charge in [-0.3, -0.25) is 23.9 Å². The molecule has 4 atom stereocenters. The van der Waals surface area contributed by atoms with Crippen molar-refractivity contribution in [2.45, 2.75) is 106 Å². The number of aliphatic hydroxyl groups excluding tert-OH is 1. The van der Waals surface area contributed by atoms with Crippen molar-refractivity contribution in [1.29, 1.82) is 0 Å². The summed E-state index contributed by atoms with van der Waals surface area (Å²) in [6.45, 7) is 17.6. The molecular weight excluding hydrogens is 776 g/mol. The summed E-state index contributed by atoms with van der Waals surface area (Å²) in [6.07, 6.45) is 9.78. The Morgan fingerprint density at radius 2 is 1.72 bits per heavy atom. The Morgan fingerprint density at radius 3 is 2.33 bits per heavy atom. The molecule has 2 aromatic heterocycles. The lowest BCUT2D eigenvalue weighted by Gasteiger charge is -2.17. The van der Waals surface area contributed by atoms with E-state index in [0.717, 1.165) is 46.7 Å². The largest absolute Gasteiger partial charge is 0.481 e. The van der Waals surface area contributed by atoms with Crippen LogP contribution in [0.5, 0.6) is 5.88 Å². The molecule has 11 nitrogen and oxygen atoms in total. The number of nitrogens with zero attached hydrogens (tertiary/aromatic N) is 4. The van der Waals surface area contributed by atoms with Crippen LogP contribution in [0.3, 0.4) is 0 Å². The molecule has 0 spiro atoms. The van der Waals surface area contributed by atoms with E-state index >= 15 is 0 Å². The summed E-state index contributed by atoms with van der Waals surface area (Å²) < 4.78 is 8.66. The fraction of sp³-hybridized carbons (Fsp3) is 0.521. The van der Waals surface area contributed by atoms with E-state index < -0.39 is 11.5 Å². The van der Waals surface area contributed by atoms with Crippen LogP contribution in [-0.2, 0) is 25.3 Å². The number of aliphatic hydroxyl groups is 1. The van der Waals surface area contributed by atoms with Crippen LogP contribution in [0, 0.1) is 24.7 Å². The molecule has 0 bridgehead atoms. The van der Waals surface area contributed by atoms with Gasteiger partial charge in [0.25, 0.3) is 11.5 Å². The van der Waals surface area contributed by atoms with Gasteiger partial charge >= 0.3 is 0 Å². The Kier molecular flexibility index (Phi) is 19.8. The van der Waals surface area contributed by atoms with E-state index in [1.165, 1.54) is 47.6 Å². The molecule has 3 N–H and O–H groups in total. The highest BCUT2D eigenvalue weighted by molar-refractivity contribution is 6.36. The van der Waals surface area contributed by atoms with Crippen molar-refractivity contribution in [3.63, 3.8) is 0 Å². The van der Waals surface area contributed by atoms with E-state index in [1.54, 1.807) is 32.8 Å². The van der Waals surface area contributed by atoms with E-state index in [9.17, 15) is 14.4 Å². The summed E-state index contributed by atoms with van der Waals surface area (Å²) in [7, 11) is 6.59. The second kappa shape index (κ2) is 23.9. The van der Waals surface area contributed by atoms with Crippen LogP contribution in [0.25, 0.3) is 22.4 Å². The monoisotopic (exact) mass is 845 g/mol. The number of nitrogens with one attached hydrogen (secondary N) is 2. The number of unbranched alkanes of at least 4 members (excludes halogenated alkanes) is 1. The van der Waals surface area contributed by atoms with Crippen molar-refractivity contribution in [1.82, 2.24) is 19.4 Å². The standard InChI is InChI=1S/C31H32ClN5O3.C9H19NO2.C8H18/c1-17-13-14-19-15-25(35-29(40-6)26(17)19)22-11-7-10-21(27(22)32)20-9-8-12-24(18(20)2)34-28(38)23-16-36(4)31(33-3)37(5)30(23)39;1-4-10-9(12)8(3)7(2)5-6-11;1-4-6-7-8(3)5-2/h7-12,15-17H,13-14H2,1-6H3,(H,34,38);7-8,11H,4-6H2,1-3H3,(H,10,12);8H,4-7H2,1-3H3/t;;8-/m..1/s1. The number of ether oxygens (including phenoxy) is 1. The van der Waals surface area contributed by atoms with Crippen molar-refractivity contribution >= 4 is 29.1 Å². The summed E-state index contributed by atoms with van der Waals surface area (Å²) in [6, 6.07) is 13.6. The quantitative estimate of drug-likeness (QED) is 0.116. The zero-order valence-corrected chi connectivity index (χ0v) is 38.8. The van der Waals surface area contributed by atoms with Crippen LogP contribution in [0.1, 0.15) is 120 Å². The first-order chi connectivity index (χ1) is 28.6. The van der Waals surface area contributed by atoms with E-state index in [2.05, 4.69) is 49.4 Å². The summed E-state index contributed by atoms with van der Waals surface area (Å²) in [5, 5.41) is 14.9. The molecule has 0 saturated heterocycles. The Balaban J connectivity index is 0.000000397. The zero-order valence-electron chi connectivity index (χ0n) is 38.0. The van der Waals surface area contributed by atoms with Gasteiger partial charge in [0.2, 0.25) is 17.4 Å². The molecule has 0 saturated carbocycles. The van der Waals surface area contributed by atoms with Crippen LogP contribution < -0.4 is 26.5 Å². The van der Waals surface area contributed by atoms with Crippen LogP contribution >= 0.6 is 11.6 Å². The van der Waals surface area contributed by atoms with Gasteiger partial charge in [0.05, 0.1) is 17.8 Å². The van der Waals surface area contributed by atoms with Gasteiger partial charge in [0.15, 0.2) is 0 Å². The fourth-order valence-corrected chi connectivity index (χ4v) is 7.72. The van der Waals surface area contributed by atoms with Crippen LogP contribution in [0.4, 0.5) is 5.69 Å². The highest BCUT2D eigenvalue weighted by Gasteiger charge is 2.26. The van der Waals surface area contributed by atoms with Crippen molar-refractivity contribution in [2.75, 3.05) is 32.6 Å². The molecule has 5 rings (SSSR count). The van der Waals surface area contributed by atoms with Crippen molar-refractivity contribution < 1.29 is 19.4 Å². The molecule has 0 fully saturated rings. The number of carbonyl (C=O) groups excluding carboxylic acids is 2. The van der Waals surface area contributed by atoms with Crippen molar-refractivity contribution in [2.24, 2.45) is 36.8 Å². The lowest BCUT2D eigenvalue weighted by molar-refractivity contribution is -0.125. The Morgan fingerprint density at radius 1 is 1.05 bits per heavy atom. The minimum Gasteiger partial charge on any atom is -0.481 e. The first-order valence-corrected chi connectivity index (χ1v) is 21.8. The lowest BCUT2D eigenvalue weighted by Crippen LogP contribution is -2.41. The minimum atomic E-state index is -0.498. The zero-order chi connectivity index (χ0) is 44.7. The third kappa shape index (κ3) is 12.4. The van der Waals surface area contributed by atoms with Crippen LogP contribution in [0.15, 0.2) is 58.4 Å². The molecule has 2 aromatic carbocycles. The third-order valence-electron chi connectivity index (χ3n) is 11.7. The first kappa shape index (κ1) is 49.6. The maximum absolute atomic E-state index is 13.2. The number of methoxy groups -OCH3 is 1. The normalized spacial score (nSPS) is 14.8. The number of hydrogen-bond acceptors (Lipinski definition) is 7. The molecule has 328 valence electrons. The average Bonchev–Trinajstić information content (AvgIpc) is 3.62. The fourth-order valence-electron chi connectivity index (χ4n) is 7.40. The molecule has 1 aliphatic carbocycles. The number of benzene rings is 2. The van der Waals surface area contributed by atoms with Gasteiger partial charge in [-0.1, -0.05) is 109 Å². The van der Waals surface area contributed by atoms with E-state index in [1.807, 2.05) is 64.1 Å². The van der Waals surface area contributed by atoms with Crippen molar-refractivity contribution in [3.8, 4) is 28.3 Å². The summed E-state index contributed by atoms with van der Waals surface area (Å²) in [5.41, 5.74) is 7.16. The highest BCUT2D eigenvalue weighted by Crippen LogP contribution is 2.43. The molecule has 12 heteroatoms. The Labute approximate surface area is 362 Å². The average molecular weight is 846 g/mol. The number of aromatic nitrogens is 3. The molecule has 0 radical (unpaired) electrons. The number of halogens is 1. The number of aryl methyl sites for hydroxylation is 2. The second-order valence-corrected chi connectivity index (χ2v) is 16.4. The summed E-state index contributed by atoms with van der Waals surface area (Å²) >= 11 is 7.04. The predicted octanol–water partition coefficient (Wildman–Crippen LogP) is 9.26. The number of hydrogen-bond donors (Lipinski definition) is 3. The molecule has 60 heavy (non-hydrogen) atoms. The van der Waals surface area contributed by atoms with Gasteiger partial charge in [-0.15, -0.1) is 0 Å². The number of carbonyl (C=O) groups is 2. The van der Waals surface area contributed by atoms with E-state index in [4.69, 9.17) is 26.4 Å². The number of fused-ring (bicyclic) bond motifs is 1. The van der Waals surface area contributed by atoms with Crippen LogP contribution in [0.2, 0.25) is 5.02 Å². The number of amides is 2. The smallest absolute Gasteiger partial charge is 0.267 e. The number of rotatable bonds is 14. The molecule has 0 aliphatic heterocycles. The Hall–Kier alpha value is -4.74. The molecule has 3 unspecified atom stereocenters. The molecule has 1 aliphatic rings. The maximum Gasteiger partial charge on any atom is 0.267 e. The summed E-state index contributed by atoms with van der Waals surface area (Å²) in [4.78, 5) is 46.3. The summed E-state index contributed by atoms with van der Waals surface area (Å²) in [5.74, 6) is 1.85. The minimum absolute atomic E-state index is 0.00269. The molecular formula is C48H69ClN6O5. The number of anilines is 1. The third-order valence-corrected chi connectivity index (χ3v) is 12.1. The molecule has 2 heterocycles. The van der Waals surface area contributed by atoms with Gasteiger partial charge in [-0.25, -0.2) is 4.98 Å². The topological polar surface area (TPSA) is 140 Å². The van der Waals surface area contributed by atoms with Gasteiger partial charge < -0.3 is 25.0 Å². The predicted molar refractivity (Wildman–Crippen MR) is 246 cm³/mol. The van der Waals surface area contributed by atoms with Gasteiger partial charge in [-0.2, -0.15) is 0 Å². The van der Waals surface area contributed by atoms with E-state index in [0.29, 0.717) is 41.1 Å². The maximum atomic E-state index is 13.2. The molecule has 2 amide bonds. The lowest BCUT2D eigenvalue weighted by atomic mass is 9.92. The highest BCUT2D eigenvalue weighted by atomic mass is 35.5. The van der Waals surface area contributed by atoms with Gasteiger partial charge in [-0.05, 0) is 79.7 Å². The van der Waals surface area contributed by atoms with E-state index in [-0.39, 0.29) is 29.9 Å². The van der Waals surface area contributed by atoms with Crippen LogP contribution in [-0.4, -0.2) is 58.3 Å². The molecule has 4 aromatic rings. The van der Waals surface area contributed by atoms with Gasteiger partial charge in [0, 0.05) is 68.8 Å². The Bertz CT molecular complexity index is 2200. The number of pyridine rings is 1. The van der Waals surface area contributed by atoms with Gasteiger partial charge in [0.1, 0.15) is 5.56 Å². The second-order valence-electron chi connectivity index (χ2n) is 16.0. The van der Waals surface area contributed by atoms with Crippen molar-refractivity contribution in [3.05, 3.63) is 91.9 Å².